The molecule has 1 aromatic heterocycles. The molecule has 96 valence electrons. The predicted molar refractivity (Wildman–Crippen MR) is 74.3 cm³/mol. The zero-order valence-electron chi connectivity index (χ0n) is 11.0. The molecular weight excluding hydrogens is 222 g/mol. The van der Waals surface area contributed by atoms with Gasteiger partial charge in [0, 0.05) is 7.05 Å². The van der Waals surface area contributed by atoms with Gasteiger partial charge in [0.25, 0.3) is 0 Å². The maximum atomic E-state index is 6.66. The monoisotopic (exact) mass is 243 g/mol. The van der Waals surface area contributed by atoms with Crippen LogP contribution in [0.15, 0.2) is 24.3 Å². The van der Waals surface area contributed by atoms with E-state index in [1.807, 2.05) is 6.07 Å². The molecule has 0 saturated heterocycles. The number of rotatable bonds is 1. The van der Waals surface area contributed by atoms with Crippen LogP contribution in [0.4, 0.5) is 0 Å². The zero-order chi connectivity index (χ0) is 12.6. The molecule has 2 N–H and O–H groups in total. The van der Waals surface area contributed by atoms with Crippen LogP contribution in [-0.4, -0.2) is 9.55 Å². The lowest BCUT2D eigenvalue weighted by Crippen LogP contribution is -2.38. The summed E-state index contributed by atoms with van der Waals surface area (Å²) in [4.78, 5) is 4.79. The van der Waals surface area contributed by atoms with Crippen molar-refractivity contribution in [2.75, 3.05) is 0 Å². The molecule has 3 nitrogen and oxygen atoms in total. The molecule has 1 saturated carbocycles. The van der Waals surface area contributed by atoms with Crippen molar-refractivity contribution in [3.8, 4) is 0 Å². The molecule has 1 aliphatic rings. The predicted octanol–water partition coefficient (Wildman–Crippen LogP) is 3.08. The number of imidazole rings is 1. The molecule has 2 aromatic rings. The van der Waals surface area contributed by atoms with Crippen molar-refractivity contribution < 1.29 is 0 Å². The Hall–Kier alpha value is -1.35. The zero-order valence-corrected chi connectivity index (χ0v) is 11.0. The number of para-hydroxylation sites is 2. The van der Waals surface area contributed by atoms with Crippen LogP contribution in [-0.2, 0) is 12.6 Å². The van der Waals surface area contributed by atoms with E-state index in [2.05, 4.69) is 29.8 Å². The van der Waals surface area contributed by atoms with E-state index in [1.54, 1.807) is 0 Å². The van der Waals surface area contributed by atoms with E-state index in [9.17, 15) is 0 Å². The quantitative estimate of drug-likeness (QED) is 0.782. The average Bonchev–Trinajstić information content (AvgIpc) is 2.57. The van der Waals surface area contributed by atoms with Crippen molar-refractivity contribution in [1.29, 1.82) is 0 Å². The second-order valence-corrected chi connectivity index (χ2v) is 5.55. The molecule has 1 aliphatic carbocycles. The molecule has 1 aromatic carbocycles. The number of nitrogens with two attached hydrogens (primary N) is 1. The van der Waals surface area contributed by atoms with E-state index < -0.39 is 0 Å². The smallest absolute Gasteiger partial charge is 0.129 e. The van der Waals surface area contributed by atoms with Crippen molar-refractivity contribution >= 4 is 11.0 Å². The van der Waals surface area contributed by atoms with Gasteiger partial charge in [0.15, 0.2) is 0 Å². The molecule has 18 heavy (non-hydrogen) atoms. The van der Waals surface area contributed by atoms with Gasteiger partial charge in [-0.15, -0.1) is 0 Å². The molecule has 3 heteroatoms. The standard InChI is InChI=1S/C15H21N3/c1-18-13-9-5-4-8-12(13)17-14(18)15(16)10-6-2-3-7-11-15/h4-5,8-9H,2-3,6-7,10-11,16H2,1H3. The molecule has 0 amide bonds. The maximum absolute atomic E-state index is 6.66. The van der Waals surface area contributed by atoms with Gasteiger partial charge in [0.05, 0.1) is 16.6 Å². The first-order valence-electron chi connectivity index (χ1n) is 6.91. The highest BCUT2D eigenvalue weighted by Gasteiger charge is 2.32. The Balaban J connectivity index is 2.09. The van der Waals surface area contributed by atoms with E-state index in [0.717, 1.165) is 24.2 Å². The van der Waals surface area contributed by atoms with E-state index in [1.165, 1.54) is 31.2 Å². The number of aryl methyl sites for hydroxylation is 1. The highest BCUT2D eigenvalue weighted by molar-refractivity contribution is 5.76. The normalized spacial score (nSPS) is 19.9. The van der Waals surface area contributed by atoms with E-state index in [-0.39, 0.29) is 5.54 Å². The van der Waals surface area contributed by atoms with Gasteiger partial charge in [-0.3, -0.25) is 0 Å². The van der Waals surface area contributed by atoms with Crippen molar-refractivity contribution in [3.63, 3.8) is 0 Å². The summed E-state index contributed by atoms with van der Waals surface area (Å²) in [6, 6.07) is 8.28. The van der Waals surface area contributed by atoms with Crippen LogP contribution in [0.1, 0.15) is 44.3 Å². The fourth-order valence-corrected chi connectivity index (χ4v) is 3.17. The average molecular weight is 243 g/mol. The van der Waals surface area contributed by atoms with Gasteiger partial charge in [0.1, 0.15) is 5.82 Å². The fraction of sp³-hybridized carbons (Fsp3) is 0.533. The lowest BCUT2D eigenvalue weighted by Gasteiger charge is -2.27. The van der Waals surface area contributed by atoms with Crippen LogP contribution in [0.2, 0.25) is 0 Å². The number of hydrogen-bond acceptors (Lipinski definition) is 2. The molecule has 1 heterocycles. The van der Waals surface area contributed by atoms with Gasteiger partial charge in [-0.1, -0.05) is 37.8 Å². The highest BCUT2D eigenvalue weighted by Crippen LogP contribution is 2.34. The van der Waals surface area contributed by atoms with E-state index in [0.29, 0.717) is 0 Å². The Labute approximate surface area is 108 Å². The third kappa shape index (κ3) is 1.83. The van der Waals surface area contributed by atoms with Gasteiger partial charge in [-0.05, 0) is 25.0 Å². The Morgan fingerprint density at radius 1 is 1.11 bits per heavy atom. The molecule has 1 fully saturated rings. The van der Waals surface area contributed by atoms with Crippen molar-refractivity contribution in [2.24, 2.45) is 12.8 Å². The van der Waals surface area contributed by atoms with Gasteiger partial charge in [0.2, 0.25) is 0 Å². The minimum Gasteiger partial charge on any atom is -0.330 e. The largest absolute Gasteiger partial charge is 0.330 e. The molecule has 0 radical (unpaired) electrons. The molecular formula is C15H21N3. The second kappa shape index (κ2) is 4.39. The van der Waals surface area contributed by atoms with Crippen LogP contribution in [0.5, 0.6) is 0 Å². The number of fused-ring (bicyclic) bond motifs is 1. The van der Waals surface area contributed by atoms with Gasteiger partial charge in [-0.2, -0.15) is 0 Å². The summed E-state index contributed by atoms with van der Waals surface area (Å²) in [5.41, 5.74) is 8.67. The number of nitrogens with zero attached hydrogens (tertiary/aromatic N) is 2. The highest BCUT2D eigenvalue weighted by atomic mass is 15.1. The third-order valence-electron chi connectivity index (χ3n) is 4.23. The second-order valence-electron chi connectivity index (χ2n) is 5.55. The summed E-state index contributed by atoms with van der Waals surface area (Å²) >= 11 is 0. The third-order valence-corrected chi connectivity index (χ3v) is 4.23. The first-order chi connectivity index (χ1) is 8.71. The fourth-order valence-electron chi connectivity index (χ4n) is 3.17. The molecule has 0 aliphatic heterocycles. The maximum Gasteiger partial charge on any atom is 0.129 e. The summed E-state index contributed by atoms with van der Waals surface area (Å²) in [5.74, 6) is 1.06. The minimum absolute atomic E-state index is 0.232. The van der Waals surface area contributed by atoms with E-state index >= 15 is 0 Å². The molecule has 3 rings (SSSR count). The Morgan fingerprint density at radius 3 is 2.44 bits per heavy atom. The van der Waals surface area contributed by atoms with Crippen LogP contribution in [0.3, 0.4) is 0 Å². The molecule has 0 spiro atoms. The number of hydrogen-bond donors (Lipinski definition) is 1. The van der Waals surface area contributed by atoms with Crippen molar-refractivity contribution in [2.45, 2.75) is 44.1 Å². The summed E-state index contributed by atoms with van der Waals surface area (Å²) in [7, 11) is 2.09. The topological polar surface area (TPSA) is 43.8 Å². The Bertz CT molecular complexity index is 548. The van der Waals surface area contributed by atoms with Gasteiger partial charge >= 0.3 is 0 Å². The first kappa shape index (κ1) is 11.7. The summed E-state index contributed by atoms with van der Waals surface area (Å²) in [5, 5.41) is 0. The van der Waals surface area contributed by atoms with Crippen molar-refractivity contribution in [3.05, 3.63) is 30.1 Å². The minimum atomic E-state index is -0.232. The molecule has 0 unspecified atom stereocenters. The first-order valence-corrected chi connectivity index (χ1v) is 6.91. The van der Waals surface area contributed by atoms with Crippen LogP contribution in [0.25, 0.3) is 11.0 Å². The number of aromatic nitrogens is 2. The van der Waals surface area contributed by atoms with Gasteiger partial charge in [-0.25, -0.2) is 4.98 Å². The lowest BCUT2D eigenvalue weighted by molar-refractivity contribution is 0.355. The van der Waals surface area contributed by atoms with Crippen LogP contribution < -0.4 is 5.73 Å². The lowest BCUT2D eigenvalue weighted by atomic mass is 9.90. The van der Waals surface area contributed by atoms with Crippen LogP contribution in [0, 0.1) is 0 Å². The number of benzene rings is 1. The summed E-state index contributed by atoms with van der Waals surface area (Å²) in [6.45, 7) is 0. The van der Waals surface area contributed by atoms with Gasteiger partial charge < -0.3 is 10.3 Å². The van der Waals surface area contributed by atoms with Crippen molar-refractivity contribution in [1.82, 2.24) is 9.55 Å². The summed E-state index contributed by atoms with van der Waals surface area (Å²) in [6.07, 6.45) is 7.18. The summed E-state index contributed by atoms with van der Waals surface area (Å²) < 4.78 is 2.18. The molecule has 0 bridgehead atoms. The Kier molecular flexibility index (Phi) is 2.86. The molecule has 0 atom stereocenters. The van der Waals surface area contributed by atoms with E-state index in [4.69, 9.17) is 10.7 Å². The SMILES string of the molecule is Cn1c(C2(N)CCCCCC2)nc2ccccc21. The van der Waals surface area contributed by atoms with Crippen LogP contribution >= 0.6 is 0 Å². The Morgan fingerprint density at radius 2 is 1.78 bits per heavy atom.